The molecule has 3 aromatic carbocycles. The number of carbonyl (C=O) groups is 1. The molecule has 46 heavy (non-hydrogen) atoms. The predicted molar refractivity (Wildman–Crippen MR) is 164 cm³/mol. The van der Waals surface area contributed by atoms with Crippen LogP contribution in [0.2, 0.25) is 0 Å². The molecule has 6 rings (SSSR count). The quantitative estimate of drug-likeness (QED) is 0.201. The Bertz CT molecular complexity index is 1780. The lowest BCUT2D eigenvalue weighted by Gasteiger charge is -2.32. The van der Waals surface area contributed by atoms with Gasteiger partial charge in [-0.25, -0.2) is 8.42 Å². The van der Waals surface area contributed by atoms with Crippen molar-refractivity contribution >= 4 is 21.6 Å². The number of benzene rings is 3. The lowest BCUT2D eigenvalue weighted by atomic mass is 9.89. The molecule has 0 unspecified atom stereocenters. The van der Waals surface area contributed by atoms with E-state index in [1.165, 1.54) is 0 Å². The Labute approximate surface area is 264 Å². The summed E-state index contributed by atoms with van der Waals surface area (Å²) >= 11 is 0. The third-order valence-electron chi connectivity index (χ3n) is 7.80. The van der Waals surface area contributed by atoms with E-state index in [2.05, 4.69) is 14.9 Å². The van der Waals surface area contributed by atoms with E-state index in [0.717, 1.165) is 43.4 Å². The van der Waals surface area contributed by atoms with Crippen LogP contribution in [0.3, 0.4) is 0 Å². The summed E-state index contributed by atoms with van der Waals surface area (Å²) in [6.45, 7) is 1.02. The minimum absolute atomic E-state index is 0.0390. The van der Waals surface area contributed by atoms with E-state index in [4.69, 9.17) is 9.47 Å². The van der Waals surface area contributed by atoms with Crippen LogP contribution in [0, 0.1) is 0 Å². The number of carbonyl (C=O) groups excluding carboxylic acids is 1. The summed E-state index contributed by atoms with van der Waals surface area (Å²) in [5.41, 5.74) is 1.21. The molecular weight excluding hydrogens is 621 g/mol. The van der Waals surface area contributed by atoms with Crippen LogP contribution < -0.4 is 14.2 Å². The van der Waals surface area contributed by atoms with E-state index in [0.29, 0.717) is 35.7 Å². The number of alkyl halides is 3. The first-order chi connectivity index (χ1) is 22.0. The number of amides is 1. The molecule has 0 bridgehead atoms. The predicted octanol–water partition coefficient (Wildman–Crippen LogP) is 6.79. The topological polar surface area (TPSA) is 111 Å². The fourth-order valence-electron chi connectivity index (χ4n) is 5.26. The van der Waals surface area contributed by atoms with Gasteiger partial charge in [0.25, 0.3) is 5.91 Å². The molecule has 1 aromatic heterocycles. The largest absolute Gasteiger partial charge is 0.488 e. The number of hydrogen-bond donors (Lipinski definition) is 1. The zero-order valence-electron chi connectivity index (χ0n) is 24.6. The molecule has 1 saturated heterocycles. The number of halogens is 3. The van der Waals surface area contributed by atoms with Gasteiger partial charge in [-0.1, -0.05) is 42.5 Å². The van der Waals surface area contributed by atoms with Gasteiger partial charge in [0.1, 0.15) is 11.5 Å². The van der Waals surface area contributed by atoms with Gasteiger partial charge in [0.15, 0.2) is 5.69 Å². The Balaban J connectivity index is 1.07. The highest BCUT2D eigenvalue weighted by Gasteiger charge is 2.33. The molecule has 2 aliphatic rings. The fourth-order valence-corrected chi connectivity index (χ4v) is 6.46. The molecule has 1 saturated carbocycles. The Morgan fingerprint density at radius 2 is 1.61 bits per heavy atom. The molecule has 4 aromatic rings. The van der Waals surface area contributed by atoms with E-state index in [1.54, 1.807) is 59.5 Å². The molecule has 9 nitrogen and oxygen atoms in total. The number of nitrogens with zero attached hydrogens (tertiary/aromatic N) is 3. The number of likely N-dealkylation sites (tertiary alicyclic amines) is 1. The summed E-state index contributed by atoms with van der Waals surface area (Å²) in [5, 5.41) is 6.66. The number of rotatable bonds is 10. The van der Waals surface area contributed by atoms with E-state index < -0.39 is 21.9 Å². The van der Waals surface area contributed by atoms with Gasteiger partial charge in [-0.15, -0.1) is 10.2 Å². The minimum Gasteiger partial charge on any atom is -0.488 e. The van der Waals surface area contributed by atoms with Crippen molar-refractivity contribution in [2.75, 3.05) is 17.8 Å². The van der Waals surface area contributed by atoms with Crippen molar-refractivity contribution in [3.63, 3.8) is 0 Å². The summed E-state index contributed by atoms with van der Waals surface area (Å²) < 4.78 is 78.3. The van der Waals surface area contributed by atoms with Gasteiger partial charge in [-0.05, 0) is 79.1 Å². The van der Waals surface area contributed by atoms with Crippen molar-refractivity contribution < 1.29 is 35.9 Å². The molecule has 0 atom stereocenters. The van der Waals surface area contributed by atoms with Crippen LogP contribution in [0.15, 0.2) is 84.9 Å². The molecule has 2 fully saturated rings. The number of anilines is 1. The van der Waals surface area contributed by atoms with Crippen LogP contribution >= 0.6 is 0 Å². The molecule has 2 heterocycles. The van der Waals surface area contributed by atoms with E-state index in [1.807, 2.05) is 18.2 Å². The monoisotopic (exact) mass is 652 g/mol. The molecule has 1 amide bonds. The highest BCUT2D eigenvalue weighted by atomic mass is 32.2. The van der Waals surface area contributed by atoms with Crippen LogP contribution in [0.1, 0.15) is 58.8 Å². The van der Waals surface area contributed by atoms with Gasteiger partial charge >= 0.3 is 6.18 Å². The molecule has 1 N–H and O–H groups in total. The van der Waals surface area contributed by atoms with Crippen LogP contribution in [-0.2, 0) is 22.0 Å². The Morgan fingerprint density at radius 3 is 2.24 bits per heavy atom. The van der Waals surface area contributed by atoms with E-state index in [9.17, 15) is 26.4 Å². The lowest BCUT2D eigenvalue weighted by molar-refractivity contribution is -0.141. The number of aromatic nitrogens is 2. The second-order valence-electron chi connectivity index (χ2n) is 11.4. The zero-order valence-corrected chi connectivity index (χ0v) is 25.4. The van der Waals surface area contributed by atoms with Crippen molar-refractivity contribution in [2.24, 2.45) is 0 Å². The molecule has 13 heteroatoms. The smallest absolute Gasteiger partial charge is 0.435 e. The summed E-state index contributed by atoms with van der Waals surface area (Å²) in [4.78, 5) is 15.3. The van der Waals surface area contributed by atoms with Gasteiger partial charge in [0, 0.05) is 24.7 Å². The molecule has 0 spiro atoms. The molecule has 1 aliphatic carbocycles. The number of piperidine rings is 1. The fraction of sp³-hybridized carbons (Fsp3) is 0.303. The first-order valence-corrected chi connectivity index (χ1v) is 16.5. The maximum atomic E-state index is 13.5. The second kappa shape index (κ2) is 13.0. The van der Waals surface area contributed by atoms with Gasteiger partial charge in [0.05, 0.1) is 17.5 Å². The first kappa shape index (κ1) is 31.3. The second-order valence-corrected chi connectivity index (χ2v) is 13.1. The zero-order chi connectivity index (χ0) is 32.3. The standard InChI is InChI=1S/C33H31F3N4O5S/c34-33(35,36)30-14-15-31(38-37-30)45-27-9-6-23(7-10-27)24-16-18-40(19-17-24)32(41)25-8-13-29(44-26-11-12-26)28(20-25)39-46(42,43)21-22-4-2-1-3-5-22/h1-10,13-15,20,24,26,39H,11-12,16-19,21H2. The van der Waals surface area contributed by atoms with Crippen molar-refractivity contribution in [1.29, 1.82) is 0 Å². The van der Waals surface area contributed by atoms with Gasteiger partial charge < -0.3 is 14.4 Å². The Morgan fingerprint density at radius 1 is 0.891 bits per heavy atom. The maximum Gasteiger partial charge on any atom is 0.435 e. The molecule has 240 valence electrons. The molecule has 0 radical (unpaired) electrons. The number of hydrogen-bond acceptors (Lipinski definition) is 7. The van der Waals surface area contributed by atoms with Crippen molar-refractivity contribution in [2.45, 2.75) is 49.6 Å². The first-order valence-electron chi connectivity index (χ1n) is 14.9. The van der Waals surface area contributed by atoms with Crippen molar-refractivity contribution in [3.05, 3.63) is 107 Å². The van der Waals surface area contributed by atoms with Gasteiger partial charge in [-0.2, -0.15) is 13.2 Å². The minimum atomic E-state index is -4.57. The number of sulfonamides is 1. The van der Waals surface area contributed by atoms with E-state index >= 15 is 0 Å². The average molecular weight is 653 g/mol. The highest BCUT2D eigenvalue weighted by molar-refractivity contribution is 7.91. The van der Waals surface area contributed by atoms with Crippen LogP contribution in [0.25, 0.3) is 0 Å². The SMILES string of the molecule is O=C(c1ccc(OC2CC2)c(NS(=O)(=O)Cc2ccccc2)c1)N1CCC(c2ccc(Oc3ccc(C(F)(F)F)nn3)cc2)CC1. The Hall–Kier alpha value is -4.65. The van der Waals surface area contributed by atoms with Crippen LogP contribution in [0.5, 0.6) is 17.4 Å². The third-order valence-corrected chi connectivity index (χ3v) is 9.04. The maximum absolute atomic E-state index is 13.5. The third kappa shape index (κ3) is 7.94. The summed E-state index contributed by atoms with van der Waals surface area (Å²) in [6, 6.07) is 22.9. The molecule has 1 aliphatic heterocycles. The Kier molecular flexibility index (Phi) is 8.85. The highest BCUT2D eigenvalue weighted by Crippen LogP contribution is 2.35. The van der Waals surface area contributed by atoms with Crippen molar-refractivity contribution in [1.82, 2.24) is 15.1 Å². The average Bonchev–Trinajstić information content (AvgIpc) is 3.86. The molecular formula is C33H31F3N4O5S. The lowest BCUT2D eigenvalue weighted by Crippen LogP contribution is -2.38. The summed E-state index contributed by atoms with van der Waals surface area (Å²) in [5.74, 6) is 0.548. The van der Waals surface area contributed by atoms with Crippen molar-refractivity contribution in [3.8, 4) is 17.4 Å². The van der Waals surface area contributed by atoms with Gasteiger partial charge in [0.2, 0.25) is 15.9 Å². The summed E-state index contributed by atoms with van der Waals surface area (Å²) in [7, 11) is -3.77. The summed E-state index contributed by atoms with van der Waals surface area (Å²) in [6.07, 6.45) is -1.30. The van der Waals surface area contributed by atoms with Crippen LogP contribution in [0.4, 0.5) is 18.9 Å². The number of nitrogens with one attached hydrogen (secondary N) is 1. The normalized spacial score (nSPS) is 15.8. The van der Waals surface area contributed by atoms with E-state index in [-0.39, 0.29) is 35.2 Å². The van der Waals surface area contributed by atoms with Crippen LogP contribution in [-0.4, -0.2) is 48.6 Å². The van der Waals surface area contributed by atoms with Gasteiger partial charge in [-0.3, -0.25) is 9.52 Å². The number of ether oxygens (including phenoxy) is 2.